The number of imidazole rings is 2. The summed E-state index contributed by atoms with van der Waals surface area (Å²) in [5.74, 6) is -1.19. The van der Waals surface area contributed by atoms with Gasteiger partial charge in [0.15, 0.2) is 34.5 Å². The Balaban J connectivity index is 0.000000251. The molecule has 10 aromatic rings. The molecule has 6 aromatic carbocycles. The number of nitrogens with zero attached hydrogens (tertiary/aromatic N) is 8. The molecule has 6 heterocycles. The number of nitrogens with two attached hydrogens (primary N) is 2. The molecule has 33 heteroatoms. The van der Waals surface area contributed by atoms with Gasteiger partial charge in [0.05, 0.1) is 98.4 Å². The van der Waals surface area contributed by atoms with Gasteiger partial charge in [-0.2, -0.15) is 0 Å². The molecular formula is C114H172N10O20Si3. The Bertz CT molecular complexity index is 5410. The Morgan fingerprint density at radius 3 is 0.891 bits per heavy atom. The van der Waals surface area contributed by atoms with Crippen molar-refractivity contribution in [2.24, 2.45) is 21.7 Å². The Kier molecular flexibility index (Phi) is 47.9. The normalized spacial score (nSPS) is 16.0. The van der Waals surface area contributed by atoms with E-state index in [-0.39, 0.29) is 103 Å². The van der Waals surface area contributed by atoms with Gasteiger partial charge in [-0.3, -0.25) is 19.2 Å². The summed E-state index contributed by atoms with van der Waals surface area (Å²) in [6.07, 6.45) is 12.8. The molecule has 0 bridgehead atoms. The highest BCUT2D eigenvalue weighted by atomic mass is 28.4. The molecule has 4 aromatic heterocycles. The lowest BCUT2D eigenvalue weighted by atomic mass is 9.97. The van der Waals surface area contributed by atoms with E-state index in [1.807, 2.05) is 136 Å². The van der Waals surface area contributed by atoms with Gasteiger partial charge in [-0.1, -0.05) is 244 Å². The molecule has 0 amide bonds. The van der Waals surface area contributed by atoms with Crippen LogP contribution in [0.2, 0.25) is 15.1 Å². The molecule has 0 aliphatic carbocycles. The predicted molar refractivity (Wildman–Crippen MR) is 588 cm³/mol. The molecule has 6 atom stereocenters. The third-order valence-electron chi connectivity index (χ3n) is 25.4. The number of hydrogen-bond donors (Lipinski definition) is 7. The van der Waals surface area contributed by atoms with E-state index in [4.69, 9.17) is 72.9 Å². The highest BCUT2D eigenvalue weighted by Crippen LogP contribution is 2.42. The van der Waals surface area contributed by atoms with Crippen LogP contribution in [0.1, 0.15) is 262 Å². The average molecular weight is 2090 g/mol. The van der Waals surface area contributed by atoms with Crippen molar-refractivity contribution in [2.45, 2.75) is 313 Å². The molecule has 2 aliphatic heterocycles. The minimum Gasteiger partial charge on any atom is -0.465 e. The van der Waals surface area contributed by atoms with Gasteiger partial charge in [0.2, 0.25) is 0 Å². The second-order valence-corrected chi connectivity index (χ2v) is 58.4. The standard InChI is InChI=1S/C31H41N5O3Si.C26H33N5O2Si.C26H38O4Si.C13H24O4.C10H20O4.C8H16O3/c1-30(2,3)29(37)38-19-17-23(36-22-35-26-27(32)33-21-34-28(26)36)18-20-39-40(31(4,5)6,24-13-9-7-10-14-24)25-15-11-8-12-16-25;1-26(2,3)34(21-10-6-4-7-11-21,22-12-8-5-9-13-22)33-17-15-20(14-16-32)31-19-30-23-24(27)28-18-29-25(23)31;1-25(2,3)24(28)29-19-17-21(27)18-20-30-31(26(4,5)6,22-13-9-7-10-14-22)23-15-11-8-12-16-23;1-12(2,3)11(14)15-8-6-10-7-9-16-13(4,5)17-10;1-10(2,3)9(13)14-7-5-8(12)4-6-11;1-8(2)10-6-4-7(11-8)3-5-9/h7-16,21-23H,17-20H2,1-6H3,(H2,32,33,34);4-13,18-20,32H,14-17H2,1-3H3,(H2,27,28,29);7-16,21,27H,17-20H2,1-6H3;10H,6-9H2,1-5H3;8,11-12H,4-7H2,1-3H3;7,9H,3-6H2,1-2H3. The quantitative estimate of drug-likeness (QED) is 0.0107. The van der Waals surface area contributed by atoms with Gasteiger partial charge in [0.25, 0.3) is 25.0 Å². The molecule has 6 unspecified atom stereocenters. The van der Waals surface area contributed by atoms with Crippen LogP contribution in [0.3, 0.4) is 0 Å². The summed E-state index contributed by atoms with van der Waals surface area (Å²) < 4.78 is 68.1. The van der Waals surface area contributed by atoms with Gasteiger partial charge < -0.3 is 97.3 Å². The number of aliphatic hydroxyl groups excluding tert-OH is 5. The number of benzene rings is 6. The van der Waals surface area contributed by atoms with Crippen molar-refractivity contribution in [2.75, 3.05) is 90.7 Å². The van der Waals surface area contributed by atoms with Crippen LogP contribution in [-0.2, 0) is 70.4 Å². The first kappa shape index (κ1) is 124. The molecule has 0 radical (unpaired) electrons. The van der Waals surface area contributed by atoms with Crippen LogP contribution >= 0.6 is 0 Å². The maximum absolute atomic E-state index is 12.5. The smallest absolute Gasteiger partial charge is 0.311 e. The molecule has 0 saturated carbocycles. The molecule has 9 N–H and O–H groups in total. The van der Waals surface area contributed by atoms with E-state index in [0.29, 0.717) is 125 Å². The first-order valence-electron chi connectivity index (χ1n) is 51.7. The lowest BCUT2D eigenvalue weighted by molar-refractivity contribution is -0.275. The van der Waals surface area contributed by atoms with Crippen molar-refractivity contribution < 1.29 is 95.9 Å². The van der Waals surface area contributed by atoms with Gasteiger partial charge in [-0.05, 0) is 208 Å². The summed E-state index contributed by atoms with van der Waals surface area (Å²) in [6.45, 7) is 54.1. The number of hydrogen-bond acceptors (Lipinski definition) is 28. The lowest BCUT2D eigenvalue weighted by Crippen LogP contribution is -2.66. The number of nitrogen functional groups attached to an aromatic ring is 2. The number of carbonyl (C=O) groups is 4. The van der Waals surface area contributed by atoms with Crippen LogP contribution in [0.4, 0.5) is 11.6 Å². The first-order valence-corrected chi connectivity index (χ1v) is 57.4. The highest BCUT2D eigenvalue weighted by molar-refractivity contribution is 7.00. The Morgan fingerprint density at radius 1 is 0.354 bits per heavy atom. The molecule has 30 nitrogen and oxygen atoms in total. The second-order valence-electron chi connectivity index (χ2n) is 45.5. The van der Waals surface area contributed by atoms with E-state index < -0.39 is 70.4 Å². The lowest BCUT2D eigenvalue weighted by Gasteiger charge is -2.43. The van der Waals surface area contributed by atoms with E-state index in [2.05, 4.69) is 238 Å². The minimum absolute atomic E-state index is 0.0254. The number of esters is 4. The van der Waals surface area contributed by atoms with E-state index in [0.717, 1.165) is 25.9 Å². The summed E-state index contributed by atoms with van der Waals surface area (Å²) in [5, 5.41) is 53.7. The number of carbonyl (C=O) groups excluding carboxylic acids is 4. The fourth-order valence-electron chi connectivity index (χ4n) is 17.5. The van der Waals surface area contributed by atoms with E-state index in [9.17, 15) is 34.5 Å². The van der Waals surface area contributed by atoms with Crippen molar-refractivity contribution >= 4 is 114 Å². The number of aromatic nitrogens is 8. The first-order chi connectivity index (χ1) is 69.0. The molecule has 2 fully saturated rings. The zero-order chi connectivity index (χ0) is 109. The summed E-state index contributed by atoms with van der Waals surface area (Å²) in [5.41, 5.74) is 12.5. The average Bonchev–Trinajstić information content (AvgIpc) is 1.24. The Hall–Kier alpha value is -9.93. The fourth-order valence-corrected chi connectivity index (χ4v) is 31.2. The Labute approximate surface area is 876 Å². The van der Waals surface area contributed by atoms with Gasteiger partial charge in [-0.25, -0.2) is 29.9 Å². The predicted octanol–water partition coefficient (Wildman–Crippen LogP) is 16.6. The monoisotopic (exact) mass is 2090 g/mol. The molecule has 0 spiro atoms. The third-order valence-corrected chi connectivity index (χ3v) is 40.5. The number of ether oxygens (including phenoxy) is 8. The zero-order valence-electron chi connectivity index (χ0n) is 92.2. The summed E-state index contributed by atoms with van der Waals surface area (Å²) in [4.78, 5) is 73.0. The van der Waals surface area contributed by atoms with E-state index in [1.54, 1.807) is 33.4 Å². The largest absolute Gasteiger partial charge is 0.465 e. The second kappa shape index (κ2) is 56.8. The number of aliphatic hydroxyl groups is 5. The fraction of sp³-hybridized carbons (Fsp3) is 0.561. The molecular weight excluding hydrogens is 1910 g/mol. The summed E-state index contributed by atoms with van der Waals surface area (Å²) >= 11 is 0. The minimum atomic E-state index is -2.69. The van der Waals surface area contributed by atoms with E-state index >= 15 is 0 Å². The maximum Gasteiger partial charge on any atom is 0.311 e. The van der Waals surface area contributed by atoms with Crippen LogP contribution in [0, 0.1) is 21.7 Å². The van der Waals surface area contributed by atoms with Crippen LogP contribution in [0.15, 0.2) is 207 Å². The molecule has 12 rings (SSSR count). The van der Waals surface area contributed by atoms with Gasteiger partial charge in [0.1, 0.15) is 23.7 Å². The van der Waals surface area contributed by atoms with Crippen molar-refractivity contribution in [3.63, 3.8) is 0 Å². The molecule has 2 aliphatic rings. The zero-order valence-corrected chi connectivity index (χ0v) is 95.2. The van der Waals surface area contributed by atoms with Crippen LogP contribution in [0.25, 0.3) is 22.3 Å². The van der Waals surface area contributed by atoms with E-state index in [1.165, 1.54) is 43.8 Å². The van der Waals surface area contributed by atoms with Crippen LogP contribution < -0.4 is 42.6 Å². The van der Waals surface area contributed by atoms with Crippen molar-refractivity contribution in [1.82, 2.24) is 39.0 Å². The van der Waals surface area contributed by atoms with Crippen molar-refractivity contribution in [3.05, 3.63) is 207 Å². The van der Waals surface area contributed by atoms with Crippen LogP contribution in [0.5, 0.6) is 0 Å². The van der Waals surface area contributed by atoms with Crippen LogP contribution in [-0.4, -0.2) is 229 Å². The molecule has 147 heavy (non-hydrogen) atoms. The highest BCUT2D eigenvalue weighted by Gasteiger charge is 2.53. The number of rotatable bonds is 38. The summed E-state index contributed by atoms with van der Waals surface area (Å²) in [6, 6.07) is 63.3. The Morgan fingerprint density at radius 2 is 0.612 bits per heavy atom. The molecule has 810 valence electrons. The SMILES string of the molecule is CC(C)(C)C(=O)OCCC(CCO[Si](c1ccccc1)(c1ccccc1)C(C)(C)C)n1cnc2c(N)ncnc21.CC(C)(C)C(=O)OCCC(O)CCO.CC(C)(C)C(=O)OCCC(O)CCO[Si](c1ccccc1)(c1ccccc1)C(C)(C)C.CC(C)(C)[Si](OCCC(CCO)n1cnc2c(N)ncnc21)(c1ccccc1)c1ccccc1.CC1(C)OCCC(CCO)O1.CC1(C)OCCC(CCOC(=O)C(C)(C)C)O1. The third kappa shape index (κ3) is 37.0. The van der Waals surface area contributed by atoms with Gasteiger partial charge in [0, 0.05) is 77.4 Å². The number of fused-ring (bicyclic) bond motifs is 2. The van der Waals surface area contributed by atoms with Gasteiger partial charge >= 0.3 is 23.9 Å². The van der Waals surface area contributed by atoms with Gasteiger partial charge in [-0.15, -0.1) is 0 Å². The summed E-state index contributed by atoms with van der Waals surface area (Å²) in [7, 11) is -7.90. The van der Waals surface area contributed by atoms with Crippen molar-refractivity contribution in [3.8, 4) is 0 Å². The maximum atomic E-state index is 12.5. The van der Waals surface area contributed by atoms with Crippen molar-refractivity contribution in [1.29, 1.82) is 0 Å². The number of anilines is 2. The topological polar surface area (TPSA) is 410 Å². The molecule has 2 saturated heterocycles.